The zero-order chi connectivity index (χ0) is 24.5. The second kappa shape index (κ2) is 9.95. The van der Waals surface area contributed by atoms with Crippen LogP contribution in [0.15, 0.2) is 64.4 Å². The van der Waals surface area contributed by atoms with Gasteiger partial charge in [0.2, 0.25) is 0 Å². The summed E-state index contributed by atoms with van der Waals surface area (Å²) in [6.07, 6.45) is 3.44. The molecule has 4 nitrogen and oxygen atoms in total. The SMILES string of the molecule is CCC(N1CCCC1)N1c2ccccc2Sc2ccc(C(=O)NCc3ccc(F)c(F)c3F)cc21. The van der Waals surface area contributed by atoms with E-state index in [1.165, 1.54) is 17.7 Å². The number of benzene rings is 3. The van der Waals surface area contributed by atoms with Gasteiger partial charge in [0.15, 0.2) is 17.5 Å². The molecule has 3 aromatic carbocycles. The number of amides is 1. The Morgan fingerprint density at radius 3 is 2.49 bits per heavy atom. The Hall–Kier alpha value is -2.97. The number of para-hydroxylation sites is 1. The normalized spacial score (nSPS) is 16.1. The molecule has 1 fully saturated rings. The lowest BCUT2D eigenvalue weighted by Gasteiger charge is -2.42. The van der Waals surface area contributed by atoms with Crippen LogP contribution in [0, 0.1) is 17.5 Å². The third-order valence-corrected chi connectivity index (χ3v) is 7.74. The largest absolute Gasteiger partial charge is 0.348 e. The van der Waals surface area contributed by atoms with E-state index in [2.05, 4.69) is 34.2 Å². The highest BCUT2D eigenvalue weighted by molar-refractivity contribution is 7.99. The van der Waals surface area contributed by atoms with Crippen LogP contribution in [0.25, 0.3) is 0 Å². The van der Waals surface area contributed by atoms with Crippen molar-refractivity contribution in [1.82, 2.24) is 10.2 Å². The van der Waals surface area contributed by atoms with Crippen molar-refractivity contribution < 1.29 is 18.0 Å². The second-order valence-corrected chi connectivity index (χ2v) is 9.86. The van der Waals surface area contributed by atoms with E-state index in [0.717, 1.165) is 47.9 Å². The van der Waals surface area contributed by atoms with Crippen LogP contribution in [0.2, 0.25) is 0 Å². The Morgan fingerprint density at radius 2 is 1.71 bits per heavy atom. The lowest BCUT2D eigenvalue weighted by atomic mass is 10.1. The van der Waals surface area contributed by atoms with Crippen LogP contribution in [0.5, 0.6) is 0 Å². The maximum absolute atomic E-state index is 14.0. The Kier molecular flexibility index (Phi) is 6.75. The van der Waals surface area contributed by atoms with E-state index in [1.807, 2.05) is 24.3 Å². The van der Waals surface area contributed by atoms with Crippen LogP contribution in [-0.2, 0) is 6.54 Å². The number of carbonyl (C=O) groups excluding carboxylic acids is 1. The van der Waals surface area contributed by atoms with Crippen molar-refractivity contribution >= 4 is 29.0 Å². The highest BCUT2D eigenvalue weighted by Crippen LogP contribution is 2.50. The summed E-state index contributed by atoms with van der Waals surface area (Å²) in [6.45, 7) is 4.02. The molecule has 5 rings (SSSR count). The first-order valence-electron chi connectivity index (χ1n) is 11.8. The summed E-state index contributed by atoms with van der Waals surface area (Å²) in [5.74, 6) is -4.49. The molecule has 0 aromatic heterocycles. The molecule has 182 valence electrons. The molecular formula is C27H26F3N3OS. The third-order valence-electron chi connectivity index (χ3n) is 6.61. The highest BCUT2D eigenvalue weighted by Gasteiger charge is 2.33. The van der Waals surface area contributed by atoms with Gasteiger partial charge in [0.25, 0.3) is 5.91 Å². The van der Waals surface area contributed by atoms with Crippen molar-refractivity contribution in [2.75, 3.05) is 18.0 Å². The van der Waals surface area contributed by atoms with Gasteiger partial charge in [-0.1, -0.05) is 36.9 Å². The average molecular weight is 498 g/mol. The number of nitrogens with zero attached hydrogens (tertiary/aromatic N) is 2. The van der Waals surface area contributed by atoms with E-state index in [1.54, 1.807) is 17.8 Å². The van der Waals surface area contributed by atoms with E-state index < -0.39 is 23.4 Å². The Labute approximate surface area is 207 Å². The molecule has 3 aromatic rings. The molecule has 0 radical (unpaired) electrons. The molecule has 2 aliphatic rings. The summed E-state index contributed by atoms with van der Waals surface area (Å²) in [6, 6.07) is 15.8. The molecule has 1 saturated heterocycles. The van der Waals surface area contributed by atoms with E-state index in [-0.39, 0.29) is 18.3 Å². The van der Waals surface area contributed by atoms with Gasteiger partial charge in [0.1, 0.15) is 0 Å². The van der Waals surface area contributed by atoms with Crippen molar-refractivity contribution in [2.45, 2.75) is 48.7 Å². The Bertz CT molecular complexity index is 1260. The van der Waals surface area contributed by atoms with E-state index >= 15 is 0 Å². The quantitative estimate of drug-likeness (QED) is 0.396. The number of anilines is 2. The van der Waals surface area contributed by atoms with Crippen molar-refractivity contribution in [3.05, 3.63) is 83.2 Å². The van der Waals surface area contributed by atoms with Crippen molar-refractivity contribution in [2.24, 2.45) is 0 Å². The molecule has 1 amide bonds. The van der Waals surface area contributed by atoms with Crippen molar-refractivity contribution in [3.63, 3.8) is 0 Å². The maximum atomic E-state index is 14.0. The summed E-state index contributed by atoms with van der Waals surface area (Å²) >= 11 is 1.67. The number of fused-ring (bicyclic) bond motifs is 2. The fourth-order valence-electron chi connectivity index (χ4n) is 4.87. The fraction of sp³-hybridized carbons (Fsp3) is 0.296. The average Bonchev–Trinajstić information content (AvgIpc) is 3.41. The molecule has 0 aliphatic carbocycles. The summed E-state index contributed by atoms with van der Waals surface area (Å²) in [5, 5.41) is 2.64. The Balaban J connectivity index is 1.45. The van der Waals surface area contributed by atoms with E-state index in [9.17, 15) is 18.0 Å². The summed E-state index contributed by atoms with van der Waals surface area (Å²) < 4.78 is 40.8. The smallest absolute Gasteiger partial charge is 0.251 e. The molecule has 1 atom stereocenters. The minimum absolute atomic E-state index is 0.110. The van der Waals surface area contributed by atoms with Crippen LogP contribution >= 0.6 is 11.8 Å². The molecule has 2 aliphatic heterocycles. The number of hydrogen-bond donors (Lipinski definition) is 1. The minimum Gasteiger partial charge on any atom is -0.348 e. The molecule has 1 unspecified atom stereocenters. The highest BCUT2D eigenvalue weighted by atomic mass is 32.2. The van der Waals surface area contributed by atoms with Gasteiger partial charge in [-0.25, -0.2) is 13.2 Å². The summed E-state index contributed by atoms with van der Waals surface area (Å²) in [4.78, 5) is 20.0. The fourth-order valence-corrected chi connectivity index (χ4v) is 5.92. The van der Waals surface area contributed by atoms with E-state index in [4.69, 9.17) is 0 Å². The molecule has 8 heteroatoms. The molecule has 1 N–H and O–H groups in total. The Morgan fingerprint density at radius 1 is 0.971 bits per heavy atom. The number of halogens is 3. The second-order valence-electron chi connectivity index (χ2n) is 8.77. The zero-order valence-electron chi connectivity index (χ0n) is 19.4. The van der Waals surface area contributed by atoms with Crippen molar-refractivity contribution in [1.29, 1.82) is 0 Å². The summed E-state index contributed by atoms with van der Waals surface area (Å²) in [5.41, 5.74) is 2.39. The molecule has 35 heavy (non-hydrogen) atoms. The number of hydrogen-bond acceptors (Lipinski definition) is 4. The van der Waals surface area contributed by atoms with Crippen LogP contribution in [0.4, 0.5) is 24.5 Å². The predicted octanol–water partition coefficient (Wildman–Crippen LogP) is 6.47. The van der Waals surface area contributed by atoms with Gasteiger partial charge < -0.3 is 10.2 Å². The van der Waals surface area contributed by atoms with Gasteiger partial charge in [0, 0.05) is 40.6 Å². The van der Waals surface area contributed by atoms with Crippen molar-refractivity contribution in [3.8, 4) is 0 Å². The number of carbonyl (C=O) groups is 1. The van der Waals surface area contributed by atoms with Gasteiger partial charge in [-0.05, 0) is 55.7 Å². The first-order chi connectivity index (χ1) is 17.0. The molecule has 0 bridgehead atoms. The maximum Gasteiger partial charge on any atom is 0.251 e. The lowest BCUT2D eigenvalue weighted by Crippen LogP contribution is -2.45. The first-order valence-corrected chi connectivity index (χ1v) is 12.6. The van der Waals surface area contributed by atoms with Gasteiger partial charge in [0.05, 0.1) is 17.5 Å². The molecule has 2 heterocycles. The topological polar surface area (TPSA) is 35.6 Å². The van der Waals surface area contributed by atoms with Gasteiger partial charge >= 0.3 is 0 Å². The van der Waals surface area contributed by atoms with Gasteiger partial charge in [-0.15, -0.1) is 0 Å². The minimum atomic E-state index is -1.54. The third kappa shape index (κ3) is 4.52. The van der Waals surface area contributed by atoms with Gasteiger partial charge in [-0.3, -0.25) is 9.69 Å². The number of nitrogens with one attached hydrogen (secondary N) is 1. The first kappa shape index (κ1) is 23.8. The van der Waals surface area contributed by atoms with Crippen LogP contribution < -0.4 is 10.2 Å². The number of likely N-dealkylation sites (tertiary alicyclic amines) is 1. The van der Waals surface area contributed by atoms with Crippen LogP contribution in [0.3, 0.4) is 0 Å². The van der Waals surface area contributed by atoms with Crippen LogP contribution in [-0.4, -0.2) is 30.1 Å². The lowest BCUT2D eigenvalue weighted by molar-refractivity contribution is 0.0950. The summed E-state index contributed by atoms with van der Waals surface area (Å²) in [7, 11) is 0. The monoisotopic (exact) mass is 497 g/mol. The molecular weight excluding hydrogens is 471 g/mol. The molecule has 0 saturated carbocycles. The predicted molar refractivity (Wildman–Crippen MR) is 132 cm³/mol. The number of rotatable bonds is 6. The molecule has 0 spiro atoms. The zero-order valence-corrected chi connectivity index (χ0v) is 20.2. The van der Waals surface area contributed by atoms with E-state index in [0.29, 0.717) is 5.56 Å². The van der Waals surface area contributed by atoms with Crippen LogP contribution in [0.1, 0.15) is 42.1 Å². The standard InChI is InChI=1S/C27H26F3N3OS/c1-2-24(32-13-5-6-14-32)33-20-7-3-4-8-22(20)35-23-12-10-17(15-21(23)33)27(34)31-16-18-9-11-19(28)26(30)25(18)29/h3-4,7-12,15,24H,2,5-6,13-14,16H2,1H3,(H,31,34). The van der Waals surface area contributed by atoms with Gasteiger partial charge in [-0.2, -0.15) is 0 Å².